The fourth-order valence-corrected chi connectivity index (χ4v) is 2.57. The molecular weight excluding hydrogens is 344 g/mol. The Kier molecular flexibility index (Phi) is 5.40. The number of pyridine rings is 1. The van der Waals surface area contributed by atoms with E-state index in [2.05, 4.69) is 15.2 Å². The molecule has 0 unspecified atom stereocenters. The van der Waals surface area contributed by atoms with Gasteiger partial charge in [0.05, 0.1) is 12.2 Å². The molecule has 0 radical (unpaired) electrons. The van der Waals surface area contributed by atoms with Gasteiger partial charge >= 0.3 is 0 Å². The van der Waals surface area contributed by atoms with Gasteiger partial charge in [0.15, 0.2) is 5.78 Å². The number of Topliss-reactive ketones (excluding diaryl/α,β-unsaturated/α-hetero) is 1. The molecule has 0 saturated carbocycles. The minimum Gasteiger partial charge on any atom is -0.423 e. The van der Waals surface area contributed by atoms with Crippen molar-refractivity contribution in [2.45, 2.75) is 26.8 Å². The maximum atomic E-state index is 12.7. The lowest BCUT2D eigenvalue weighted by molar-refractivity contribution is 0.0772. The maximum Gasteiger partial charge on any atom is 0.254 e. The van der Waals surface area contributed by atoms with Gasteiger partial charge in [0.25, 0.3) is 5.91 Å². The van der Waals surface area contributed by atoms with Crippen LogP contribution in [0.1, 0.15) is 46.3 Å². The zero-order valence-electron chi connectivity index (χ0n) is 15.5. The molecule has 0 saturated heterocycles. The van der Waals surface area contributed by atoms with E-state index in [9.17, 15) is 9.59 Å². The molecule has 0 bridgehead atoms. The van der Waals surface area contributed by atoms with Crippen LogP contribution in [0.5, 0.6) is 0 Å². The molecule has 3 aromatic rings. The number of hydrogen-bond donors (Lipinski definition) is 0. The number of aryl methyl sites for hydroxylation is 1. The quantitative estimate of drug-likeness (QED) is 0.624. The maximum absolute atomic E-state index is 12.7. The van der Waals surface area contributed by atoms with Crippen LogP contribution < -0.4 is 0 Å². The summed E-state index contributed by atoms with van der Waals surface area (Å²) in [5.41, 5.74) is 2.58. The minimum absolute atomic E-state index is 0.0353. The molecule has 7 nitrogen and oxygen atoms in total. The molecule has 7 heteroatoms. The normalized spacial score (nSPS) is 10.6. The van der Waals surface area contributed by atoms with E-state index in [1.165, 1.54) is 11.8 Å². The fourth-order valence-electron chi connectivity index (χ4n) is 2.57. The second-order valence-corrected chi connectivity index (χ2v) is 6.17. The molecule has 3 rings (SSSR count). The van der Waals surface area contributed by atoms with Crippen LogP contribution in [0.3, 0.4) is 0 Å². The number of aromatic nitrogens is 3. The van der Waals surface area contributed by atoms with E-state index in [1.807, 2.05) is 13.0 Å². The van der Waals surface area contributed by atoms with Gasteiger partial charge in [0, 0.05) is 36.4 Å². The molecule has 0 aliphatic carbocycles. The number of benzene rings is 1. The molecule has 2 heterocycles. The first-order valence-electron chi connectivity index (χ1n) is 8.62. The number of hydrogen-bond acceptors (Lipinski definition) is 6. The molecule has 1 amide bonds. The van der Waals surface area contributed by atoms with Crippen molar-refractivity contribution in [1.29, 1.82) is 0 Å². The van der Waals surface area contributed by atoms with Gasteiger partial charge in [-0.2, -0.15) is 0 Å². The lowest BCUT2D eigenvalue weighted by Crippen LogP contribution is -2.26. The number of carbonyl (C=O) groups is 2. The predicted molar refractivity (Wildman–Crippen MR) is 99.2 cm³/mol. The molecule has 138 valence electrons. The third-order valence-electron chi connectivity index (χ3n) is 4.11. The smallest absolute Gasteiger partial charge is 0.254 e. The van der Waals surface area contributed by atoms with E-state index in [0.717, 1.165) is 5.56 Å². The van der Waals surface area contributed by atoms with E-state index < -0.39 is 0 Å². The van der Waals surface area contributed by atoms with E-state index in [-0.39, 0.29) is 18.2 Å². The highest BCUT2D eigenvalue weighted by Gasteiger charge is 2.16. The molecular formula is C20H20N4O3. The number of rotatable bonds is 6. The molecule has 1 aromatic carbocycles. The molecule has 2 aromatic heterocycles. The first kappa shape index (κ1) is 18.4. The van der Waals surface area contributed by atoms with Crippen LogP contribution >= 0.6 is 0 Å². The number of nitrogens with zero attached hydrogens (tertiary/aromatic N) is 4. The number of carbonyl (C=O) groups excluding carboxylic acids is 2. The Morgan fingerprint density at radius 3 is 2.48 bits per heavy atom. The van der Waals surface area contributed by atoms with Crippen molar-refractivity contribution in [3.05, 3.63) is 65.5 Å². The Morgan fingerprint density at radius 1 is 1.07 bits per heavy atom. The van der Waals surface area contributed by atoms with Gasteiger partial charge in [-0.15, -0.1) is 10.2 Å². The minimum atomic E-state index is -0.159. The van der Waals surface area contributed by atoms with Gasteiger partial charge in [-0.25, -0.2) is 0 Å². The molecule has 0 aliphatic rings. The highest BCUT2D eigenvalue weighted by molar-refractivity contribution is 5.95. The molecule has 0 aliphatic heterocycles. The fraction of sp³-hybridized carbons (Fsp3) is 0.250. The Morgan fingerprint density at radius 2 is 1.85 bits per heavy atom. The summed E-state index contributed by atoms with van der Waals surface area (Å²) in [5.74, 6) is 0.758. The van der Waals surface area contributed by atoms with Gasteiger partial charge in [-0.1, -0.05) is 19.1 Å². The van der Waals surface area contributed by atoms with Gasteiger partial charge < -0.3 is 9.32 Å². The van der Waals surface area contributed by atoms with Gasteiger partial charge in [0.2, 0.25) is 11.8 Å². The first-order chi connectivity index (χ1) is 13.0. The van der Waals surface area contributed by atoms with Crippen molar-refractivity contribution in [1.82, 2.24) is 20.1 Å². The highest BCUT2D eigenvalue weighted by Crippen LogP contribution is 2.20. The summed E-state index contributed by atoms with van der Waals surface area (Å²) in [6, 6.07) is 10.7. The summed E-state index contributed by atoms with van der Waals surface area (Å²) < 4.78 is 5.46. The van der Waals surface area contributed by atoms with Gasteiger partial charge in [-0.3, -0.25) is 14.6 Å². The molecule has 0 N–H and O–H groups in total. The van der Waals surface area contributed by atoms with Crippen LogP contribution in [0.15, 0.2) is 47.0 Å². The summed E-state index contributed by atoms with van der Waals surface area (Å²) in [7, 11) is 1.69. The Hall–Kier alpha value is -3.35. The third-order valence-corrected chi connectivity index (χ3v) is 4.11. The van der Waals surface area contributed by atoms with E-state index in [1.54, 1.807) is 43.6 Å². The summed E-state index contributed by atoms with van der Waals surface area (Å²) in [6.45, 7) is 3.66. The highest BCUT2D eigenvalue weighted by atomic mass is 16.4. The molecule has 0 fully saturated rings. The molecule has 27 heavy (non-hydrogen) atoms. The van der Waals surface area contributed by atoms with Crippen LogP contribution in [0.2, 0.25) is 0 Å². The van der Waals surface area contributed by atoms with E-state index >= 15 is 0 Å². The average molecular weight is 364 g/mol. The van der Waals surface area contributed by atoms with Crippen molar-refractivity contribution >= 4 is 11.7 Å². The van der Waals surface area contributed by atoms with Crippen molar-refractivity contribution in [2.24, 2.45) is 0 Å². The summed E-state index contributed by atoms with van der Waals surface area (Å²) in [4.78, 5) is 29.9. The molecule has 0 spiro atoms. The molecule has 0 atom stereocenters. The Bertz CT molecular complexity index is 963. The number of amides is 1. The topological polar surface area (TPSA) is 89.2 Å². The third kappa shape index (κ3) is 4.25. The van der Waals surface area contributed by atoms with E-state index in [0.29, 0.717) is 35.0 Å². The zero-order valence-corrected chi connectivity index (χ0v) is 15.5. The van der Waals surface area contributed by atoms with Crippen LogP contribution in [-0.4, -0.2) is 38.8 Å². The SMILES string of the molecule is CCc1nnc(CN(C)C(=O)c2cccc(-c3ccc(C(C)=O)cn3)c2)o1. The van der Waals surface area contributed by atoms with Gasteiger partial charge in [-0.05, 0) is 31.2 Å². The van der Waals surface area contributed by atoms with Crippen molar-refractivity contribution in [3.63, 3.8) is 0 Å². The zero-order chi connectivity index (χ0) is 19.4. The van der Waals surface area contributed by atoms with Crippen molar-refractivity contribution in [3.8, 4) is 11.3 Å². The Labute approximate surface area is 157 Å². The standard InChI is InChI=1S/C20H20N4O3/c1-4-18-22-23-19(27-18)12-24(3)20(26)15-7-5-6-14(10-15)17-9-8-16(11-21-17)13(2)25/h5-11H,4,12H2,1-3H3. The number of ketones is 1. The van der Waals surface area contributed by atoms with Crippen LogP contribution in [-0.2, 0) is 13.0 Å². The van der Waals surface area contributed by atoms with E-state index in [4.69, 9.17) is 4.42 Å². The second kappa shape index (κ2) is 7.90. The van der Waals surface area contributed by atoms with Crippen LogP contribution in [0.4, 0.5) is 0 Å². The second-order valence-electron chi connectivity index (χ2n) is 6.17. The van der Waals surface area contributed by atoms with Crippen LogP contribution in [0, 0.1) is 0 Å². The largest absolute Gasteiger partial charge is 0.423 e. The summed E-state index contributed by atoms with van der Waals surface area (Å²) >= 11 is 0. The Balaban J connectivity index is 1.77. The van der Waals surface area contributed by atoms with Crippen molar-refractivity contribution < 1.29 is 14.0 Å². The predicted octanol–water partition coefficient (Wildman–Crippen LogP) is 3.17. The summed E-state index contributed by atoms with van der Waals surface area (Å²) in [5, 5.41) is 7.85. The van der Waals surface area contributed by atoms with Gasteiger partial charge in [0.1, 0.15) is 0 Å². The van der Waals surface area contributed by atoms with Crippen LogP contribution in [0.25, 0.3) is 11.3 Å². The first-order valence-corrected chi connectivity index (χ1v) is 8.62. The summed E-state index contributed by atoms with van der Waals surface area (Å²) in [6.07, 6.45) is 2.20. The average Bonchev–Trinajstić information content (AvgIpc) is 3.15. The van der Waals surface area contributed by atoms with Crippen molar-refractivity contribution in [2.75, 3.05) is 7.05 Å². The lowest BCUT2D eigenvalue weighted by Gasteiger charge is -2.15. The monoisotopic (exact) mass is 364 g/mol. The lowest BCUT2D eigenvalue weighted by atomic mass is 10.1.